The third-order valence-corrected chi connectivity index (χ3v) is 8.03. The van der Waals surface area contributed by atoms with Crippen molar-refractivity contribution in [2.24, 2.45) is 0 Å². The maximum atomic E-state index is 13.7. The molecule has 0 radical (unpaired) electrons. The number of nitrogens with zero attached hydrogens (tertiary/aromatic N) is 1. The minimum Gasteiger partial charge on any atom is -0.352 e. The minimum absolute atomic E-state index is 0.0154. The van der Waals surface area contributed by atoms with Crippen LogP contribution in [0, 0.1) is 0 Å². The molecule has 1 atom stereocenters. The van der Waals surface area contributed by atoms with Crippen LogP contribution in [-0.4, -0.2) is 34.6 Å². The molecule has 0 spiro atoms. The van der Waals surface area contributed by atoms with Gasteiger partial charge in [0.05, 0.1) is 5.75 Å². The molecule has 0 bridgehead atoms. The van der Waals surface area contributed by atoms with Gasteiger partial charge < -0.3 is 10.2 Å². The summed E-state index contributed by atoms with van der Waals surface area (Å²) in [7, 11) is 0. The summed E-state index contributed by atoms with van der Waals surface area (Å²) in [6.45, 7) is 0.389. The van der Waals surface area contributed by atoms with E-state index < -0.39 is 6.04 Å². The third kappa shape index (κ3) is 7.97. The lowest BCUT2D eigenvalue weighted by Crippen LogP contribution is -2.52. The molecule has 1 N–H and O–H groups in total. The highest BCUT2D eigenvalue weighted by molar-refractivity contribution is 9.10. The molecule has 0 aromatic heterocycles. The summed E-state index contributed by atoms with van der Waals surface area (Å²) >= 11 is 5.14. The molecule has 6 heteroatoms. The summed E-state index contributed by atoms with van der Waals surface area (Å²) in [6.07, 6.45) is 4.80. The standard InChI is InChI=1S/C30H33BrN2O2S/c31-26-15-9-14-25(18-26)20-33(29(34)22-36-21-24-12-5-2-6-13-24)28(19-23-10-3-1-4-11-23)30(35)32-27-16-7-8-17-27/h1-6,9-15,18,27-28H,7-8,16-17,19-22H2,(H,32,35). The predicted octanol–water partition coefficient (Wildman–Crippen LogP) is 6.38. The Morgan fingerprint density at radius 2 is 1.53 bits per heavy atom. The number of carbonyl (C=O) groups excluding carboxylic acids is 2. The molecular weight excluding hydrogens is 532 g/mol. The highest BCUT2D eigenvalue weighted by atomic mass is 79.9. The van der Waals surface area contributed by atoms with Crippen molar-refractivity contribution in [3.63, 3.8) is 0 Å². The number of nitrogens with one attached hydrogen (secondary N) is 1. The number of benzene rings is 3. The minimum atomic E-state index is -0.572. The van der Waals surface area contributed by atoms with Crippen LogP contribution in [0.4, 0.5) is 0 Å². The van der Waals surface area contributed by atoms with Gasteiger partial charge in [0.15, 0.2) is 0 Å². The second-order valence-electron chi connectivity index (χ2n) is 9.33. The molecule has 1 fully saturated rings. The number of rotatable bonds is 11. The van der Waals surface area contributed by atoms with Crippen LogP contribution in [0.2, 0.25) is 0 Å². The smallest absolute Gasteiger partial charge is 0.243 e. The highest BCUT2D eigenvalue weighted by Gasteiger charge is 2.32. The molecule has 1 unspecified atom stereocenters. The van der Waals surface area contributed by atoms with Gasteiger partial charge in [-0.25, -0.2) is 0 Å². The van der Waals surface area contributed by atoms with Crippen molar-refractivity contribution in [3.8, 4) is 0 Å². The van der Waals surface area contributed by atoms with Crippen molar-refractivity contribution in [3.05, 3.63) is 106 Å². The first-order valence-corrected chi connectivity index (χ1v) is 14.5. The summed E-state index contributed by atoms with van der Waals surface area (Å²) in [5.41, 5.74) is 3.24. The lowest BCUT2D eigenvalue weighted by atomic mass is 10.0. The van der Waals surface area contributed by atoms with Crippen LogP contribution in [-0.2, 0) is 28.3 Å². The molecule has 3 aromatic rings. The van der Waals surface area contributed by atoms with Gasteiger partial charge in [-0.15, -0.1) is 11.8 Å². The number of hydrogen-bond donors (Lipinski definition) is 1. The van der Waals surface area contributed by atoms with E-state index >= 15 is 0 Å². The Balaban J connectivity index is 1.56. The summed E-state index contributed by atoms with van der Waals surface area (Å²) in [5, 5.41) is 3.26. The lowest BCUT2D eigenvalue weighted by molar-refractivity contribution is -0.139. The van der Waals surface area contributed by atoms with Gasteiger partial charge >= 0.3 is 0 Å². The zero-order valence-electron chi connectivity index (χ0n) is 20.4. The van der Waals surface area contributed by atoms with Gasteiger partial charge in [-0.3, -0.25) is 9.59 Å². The van der Waals surface area contributed by atoms with E-state index in [0.717, 1.165) is 47.0 Å². The molecule has 1 saturated carbocycles. The largest absolute Gasteiger partial charge is 0.352 e. The number of halogens is 1. The van der Waals surface area contributed by atoms with E-state index in [9.17, 15) is 9.59 Å². The van der Waals surface area contributed by atoms with Crippen LogP contribution in [0.3, 0.4) is 0 Å². The van der Waals surface area contributed by atoms with Crippen molar-refractivity contribution < 1.29 is 9.59 Å². The van der Waals surface area contributed by atoms with Gasteiger partial charge in [0, 0.05) is 29.2 Å². The molecule has 0 heterocycles. The van der Waals surface area contributed by atoms with Gasteiger partial charge in [-0.05, 0) is 41.7 Å². The van der Waals surface area contributed by atoms with Crippen LogP contribution < -0.4 is 5.32 Å². The molecule has 1 aliphatic rings. The Hall–Kier alpha value is -2.57. The van der Waals surface area contributed by atoms with E-state index in [-0.39, 0.29) is 17.9 Å². The molecule has 2 amide bonds. The average molecular weight is 566 g/mol. The Morgan fingerprint density at radius 1 is 0.889 bits per heavy atom. The summed E-state index contributed by atoms with van der Waals surface area (Å²) in [5.74, 6) is 1.01. The molecule has 3 aromatic carbocycles. The Morgan fingerprint density at radius 3 is 2.19 bits per heavy atom. The molecule has 0 saturated heterocycles. The first-order valence-electron chi connectivity index (χ1n) is 12.6. The van der Waals surface area contributed by atoms with E-state index in [4.69, 9.17) is 0 Å². The van der Waals surface area contributed by atoms with Crippen molar-refractivity contribution in [1.82, 2.24) is 10.2 Å². The fourth-order valence-electron chi connectivity index (χ4n) is 4.67. The second kappa shape index (κ2) is 13.7. The van der Waals surface area contributed by atoms with Gasteiger partial charge in [-0.2, -0.15) is 0 Å². The van der Waals surface area contributed by atoms with Gasteiger partial charge in [0.1, 0.15) is 6.04 Å². The molecule has 4 nitrogen and oxygen atoms in total. The summed E-state index contributed by atoms with van der Waals surface area (Å²) < 4.78 is 0.959. The average Bonchev–Trinajstić information content (AvgIpc) is 3.40. The van der Waals surface area contributed by atoms with E-state index in [1.165, 1.54) is 5.56 Å². The monoisotopic (exact) mass is 564 g/mol. The van der Waals surface area contributed by atoms with E-state index in [1.54, 1.807) is 16.7 Å². The van der Waals surface area contributed by atoms with Crippen LogP contribution in [0.15, 0.2) is 89.4 Å². The van der Waals surface area contributed by atoms with Crippen molar-refractivity contribution >= 4 is 39.5 Å². The number of thioether (sulfide) groups is 1. The molecular formula is C30H33BrN2O2S. The normalized spacial score (nSPS) is 14.4. The van der Waals surface area contributed by atoms with E-state index in [1.807, 2.05) is 72.8 Å². The first-order chi connectivity index (χ1) is 17.6. The molecule has 1 aliphatic carbocycles. The fraction of sp³-hybridized carbons (Fsp3) is 0.333. The van der Waals surface area contributed by atoms with Crippen molar-refractivity contribution in [1.29, 1.82) is 0 Å². The summed E-state index contributed by atoms with van der Waals surface area (Å²) in [6, 6.07) is 27.8. The molecule has 36 heavy (non-hydrogen) atoms. The van der Waals surface area contributed by atoms with E-state index in [0.29, 0.717) is 18.7 Å². The number of amides is 2. The van der Waals surface area contributed by atoms with Gasteiger partial charge in [0.2, 0.25) is 11.8 Å². The van der Waals surface area contributed by atoms with Crippen molar-refractivity contribution in [2.45, 2.75) is 56.5 Å². The lowest BCUT2D eigenvalue weighted by Gasteiger charge is -2.32. The topological polar surface area (TPSA) is 49.4 Å². The Labute approximate surface area is 227 Å². The zero-order chi connectivity index (χ0) is 25.2. The molecule has 0 aliphatic heterocycles. The van der Waals surface area contributed by atoms with Crippen LogP contribution in [0.25, 0.3) is 0 Å². The highest BCUT2D eigenvalue weighted by Crippen LogP contribution is 2.22. The second-order valence-corrected chi connectivity index (χ2v) is 11.2. The summed E-state index contributed by atoms with van der Waals surface area (Å²) in [4.78, 5) is 29.2. The maximum Gasteiger partial charge on any atom is 0.243 e. The van der Waals surface area contributed by atoms with E-state index in [2.05, 4.69) is 33.4 Å². The maximum absolute atomic E-state index is 13.7. The SMILES string of the molecule is O=C(NC1CCCC1)C(Cc1ccccc1)N(Cc1cccc(Br)c1)C(=O)CSCc1ccccc1. The molecule has 188 valence electrons. The van der Waals surface area contributed by atoms with Gasteiger partial charge in [-0.1, -0.05) is 102 Å². The van der Waals surface area contributed by atoms with Crippen LogP contribution in [0.1, 0.15) is 42.4 Å². The Bertz CT molecular complexity index is 1120. The van der Waals surface area contributed by atoms with Gasteiger partial charge in [0.25, 0.3) is 0 Å². The Kier molecular flexibility index (Phi) is 10.1. The fourth-order valence-corrected chi connectivity index (χ4v) is 5.98. The zero-order valence-corrected chi connectivity index (χ0v) is 22.8. The van der Waals surface area contributed by atoms with Crippen molar-refractivity contribution in [2.75, 3.05) is 5.75 Å². The molecule has 4 rings (SSSR count). The van der Waals surface area contributed by atoms with Crippen LogP contribution >= 0.6 is 27.7 Å². The van der Waals surface area contributed by atoms with Crippen LogP contribution in [0.5, 0.6) is 0 Å². The number of carbonyl (C=O) groups is 2. The predicted molar refractivity (Wildman–Crippen MR) is 152 cm³/mol. The first kappa shape index (κ1) is 26.5. The quantitative estimate of drug-likeness (QED) is 0.294. The number of hydrogen-bond acceptors (Lipinski definition) is 3. The third-order valence-electron chi connectivity index (χ3n) is 6.55.